The number of rotatable bonds is 9. The molecule has 3 aromatic rings. The Bertz CT molecular complexity index is 1840. The van der Waals surface area contributed by atoms with Crippen LogP contribution in [0.3, 0.4) is 0 Å². The number of hydrogen-bond acceptors (Lipinski definition) is 12. The average molecular weight is 693 g/mol. The van der Waals surface area contributed by atoms with Gasteiger partial charge in [0, 0.05) is 28.8 Å². The fraction of sp³-hybridized carbons (Fsp3) is 0.273. The van der Waals surface area contributed by atoms with Crippen LogP contribution in [0.4, 0.5) is 5.69 Å². The van der Waals surface area contributed by atoms with Gasteiger partial charge >= 0.3 is 17.9 Å². The van der Waals surface area contributed by atoms with Crippen molar-refractivity contribution in [2.75, 3.05) is 0 Å². The molecule has 16 heteroatoms. The monoisotopic (exact) mass is 692 g/mol. The molecule has 2 aliphatic heterocycles. The first-order valence-corrected chi connectivity index (χ1v) is 15.1. The Hall–Kier alpha value is -5.83. The van der Waals surface area contributed by atoms with Crippen molar-refractivity contribution in [3.63, 3.8) is 0 Å². The zero-order chi connectivity index (χ0) is 36.2. The van der Waals surface area contributed by atoms with Crippen molar-refractivity contribution in [1.82, 2.24) is 10.6 Å². The number of aliphatic imine (C=N–C) groups is 1. The van der Waals surface area contributed by atoms with E-state index in [1.165, 1.54) is 31.2 Å². The SMILES string of the molecule is CC(C)[C@H](N)C(=O)N[C@@H](C)C(=O)N[C@@H](CC(=O)O)C(=O)O.O=C1OC2(c3ccc(O)cc3Oc3cc(O)ccc32)c2cccc(N=C=S)c21. The molecule has 5 rings (SSSR count). The molecule has 2 heterocycles. The second-order valence-electron chi connectivity index (χ2n) is 11.4. The Balaban J connectivity index is 0.000000233. The van der Waals surface area contributed by atoms with E-state index >= 15 is 0 Å². The number of isothiocyanates is 1. The standard InChI is InChI=1S/C21H11NO5S.C12H21N3O6/c23-11-4-6-13-17(8-11)26-18-9-12(24)5-7-14(18)21(13)15-2-1-3-16(22-10-28)19(15)20(25)27-21;1-5(2)9(13)11(19)14-6(3)10(18)15-7(12(20)21)4-8(16)17/h1-9,23-24H;5-7,9H,4,13H2,1-3H3,(H,14,19)(H,15,18)(H,16,17)(H,20,21)/t;6-,7-,9-/m.0/s1. The lowest BCUT2D eigenvalue weighted by Gasteiger charge is -2.36. The summed E-state index contributed by atoms with van der Waals surface area (Å²) in [5.41, 5.74) is 6.64. The number of nitrogens with zero attached hydrogens (tertiary/aromatic N) is 1. The molecule has 256 valence electrons. The summed E-state index contributed by atoms with van der Waals surface area (Å²) in [6.45, 7) is 4.82. The molecule has 8 N–H and O–H groups in total. The molecule has 0 fully saturated rings. The summed E-state index contributed by atoms with van der Waals surface area (Å²) < 4.78 is 11.9. The number of nitrogens with two attached hydrogens (primary N) is 1. The van der Waals surface area contributed by atoms with Gasteiger partial charge in [-0.3, -0.25) is 14.4 Å². The number of nitrogens with one attached hydrogen (secondary N) is 2. The third-order valence-electron chi connectivity index (χ3n) is 7.71. The maximum absolute atomic E-state index is 12.9. The number of aliphatic carboxylic acids is 2. The summed E-state index contributed by atoms with van der Waals surface area (Å²) in [5, 5.41) is 43.9. The summed E-state index contributed by atoms with van der Waals surface area (Å²) in [5.74, 6) is -4.21. The number of phenolic OH excluding ortho intramolecular Hbond substituents is 2. The van der Waals surface area contributed by atoms with Crippen LogP contribution < -0.4 is 21.1 Å². The second-order valence-corrected chi connectivity index (χ2v) is 11.6. The van der Waals surface area contributed by atoms with Crippen molar-refractivity contribution in [1.29, 1.82) is 0 Å². The smallest absolute Gasteiger partial charge is 0.342 e. The first-order chi connectivity index (χ1) is 23.1. The van der Waals surface area contributed by atoms with Crippen LogP contribution in [0.5, 0.6) is 23.0 Å². The molecule has 1 spiro atoms. The molecule has 3 atom stereocenters. The van der Waals surface area contributed by atoms with Crippen LogP contribution in [0.25, 0.3) is 0 Å². The van der Waals surface area contributed by atoms with Gasteiger partial charge in [-0.05, 0) is 55.4 Å². The van der Waals surface area contributed by atoms with Crippen LogP contribution in [-0.2, 0) is 29.5 Å². The van der Waals surface area contributed by atoms with E-state index in [9.17, 15) is 34.2 Å². The minimum Gasteiger partial charge on any atom is -0.508 e. The lowest BCUT2D eigenvalue weighted by atomic mass is 9.77. The lowest BCUT2D eigenvalue weighted by molar-refractivity contribution is -0.147. The number of carbonyl (C=O) groups excluding carboxylic acids is 3. The zero-order valence-electron chi connectivity index (χ0n) is 26.3. The van der Waals surface area contributed by atoms with Crippen LogP contribution >= 0.6 is 12.2 Å². The molecule has 3 aromatic carbocycles. The summed E-state index contributed by atoms with van der Waals surface area (Å²) in [4.78, 5) is 61.7. The van der Waals surface area contributed by atoms with Gasteiger partial charge in [0.15, 0.2) is 5.60 Å². The van der Waals surface area contributed by atoms with Crippen LogP contribution in [0.2, 0.25) is 0 Å². The first kappa shape index (κ1) is 36.0. The molecule has 0 saturated carbocycles. The molecule has 15 nitrogen and oxygen atoms in total. The molecular weight excluding hydrogens is 660 g/mol. The number of hydrogen-bond donors (Lipinski definition) is 7. The van der Waals surface area contributed by atoms with Gasteiger partial charge < -0.3 is 46.3 Å². The molecule has 0 bridgehead atoms. The Morgan fingerprint density at radius 3 is 2.02 bits per heavy atom. The second kappa shape index (κ2) is 14.5. The van der Waals surface area contributed by atoms with Gasteiger partial charge in [0.05, 0.1) is 28.9 Å². The molecule has 2 amide bonds. The third-order valence-corrected chi connectivity index (χ3v) is 7.80. The van der Waals surface area contributed by atoms with Crippen molar-refractivity contribution in [2.24, 2.45) is 16.6 Å². The highest BCUT2D eigenvalue weighted by Gasteiger charge is 2.54. The largest absolute Gasteiger partial charge is 0.508 e. The van der Waals surface area contributed by atoms with Gasteiger partial charge in [-0.2, -0.15) is 4.99 Å². The number of carbonyl (C=O) groups is 5. The number of carboxylic acid groups (broad SMARTS) is 2. The Morgan fingerprint density at radius 1 is 0.918 bits per heavy atom. The summed E-state index contributed by atoms with van der Waals surface area (Å²) in [7, 11) is 0. The van der Waals surface area contributed by atoms with Crippen molar-refractivity contribution < 1.29 is 53.9 Å². The molecule has 0 aromatic heterocycles. The topological polar surface area (TPSA) is 247 Å². The number of ether oxygens (including phenoxy) is 2. The van der Waals surface area contributed by atoms with Crippen molar-refractivity contribution >= 4 is 52.8 Å². The molecule has 0 radical (unpaired) electrons. The summed E-state index contributed by atoms with van der Waals surface area (Å²) in [6, 6.07) is 11.0. The fourth-order valence-corrected chi connectivity index (χ4v) is 5.32. The molecule has 2 aliphatic rings. The maximum atomic E-state index is 12.9. The van der Waals surface area contributed by atoms with Crippen molar-refractivity contribution in [3.05, 3.63) is 76.9 Å². The van der Waals surface area contributed by atoms with Gasteiger partial charge in [0.1, 0.15) is 35.1 Å². The normalized spacial score (nSPS) is 14.9. The minimum atomic E-state index is -1.56. The van der Waals surface area contributed by atoms with E-state index in [2.05, 4.69) is 15.5 Å². The van der Waals surface area contributed by atoms with Gasteiger partial charge in [-0.25, -0.2) is 9.59 Å². The van der Waals surface area contributed by atoms with Crippen LogP contribution in [-0.4, -0.2) is 73.4 Å². The number of phenols is 2. The van der Waals surface area contributed by atoms with E-state index in [-0.39, 0.29) is 17.4 Å². The summed E-state index contributed by atoms with van der Waals surface area (Å²) >= 11 is 4.70. The first-order valence-electron chi connectivity index (χ1n) is 14.7. The van der Waals surface area contributed by atoms with Crippen LogP contribution in [0.1, 0.15) is 54.2 Å². The Kier molecular flexibility index (Phi) is 10.7. The highest BCUT2D eigenvalue weighted by molar-refractivity contribution is 7.78. The number of esters is 1. The predicted molar refractivity (Wildman–Crippen MR) is 175 cm³/mol. The number of carboxylic acids is 2. The lowest BCUT2D eigenvalue weighted by Crippen LogP contribution is -2.54. The fourth-order valence-electron chi connectivity index (χ4n) is 5.22. The molecule has 49 heavy (non-hydrogen) atoms. The molecular formula is C33H32N4O11S. The molecule has 0 unspecified atom stereocenters. The average Bonchev–Trinajstić information content (AvgIpc) is 3.33. The Labute approximate surface area is 284 Å². The zero-order valence-corrected chi connectivity index (χ0v) is 27.1. The van der Waals surface area contributed by atoms with Gasteiger partial charge in [0.2, 0.25) is 11.8 Å². The van der Waals surface area contributed by atoms with Gasteiger partial charge in [0.25, 0.3) is 0 Å². The number of benzene rings is 3. The minimum absolute atomic E-state index is 0.00103. The number of aromatic hydroxyl groups is 2. The highest BCUT2D eigenvalue weighted by Crippen LogP contribution is 2.57. The number of thiocarbonyl (C=S) groups is 1. The van der Waals surface area contributed by atoms with E-state index in [0.29, 0.717) is 39.4 Å². The van der Waals surface area contributed by atoms with Gasteiger partial charge in [-0.15, -0.1) is 0 Å². The van der Waals surface area contributed by atoms with Crippen molar-refractivity contribution in [3.8, 4) is 23.0 Å². The van der Waals surface area contributed by atoms with Gasteiger partial charge in [-0.1, -0.05) is 26.0 Å². The van der Waals surface area contributed by atoms with Crippen LogP contribution in [0.15, 0.2) is 59.6 Å². The van der Waals surface area contributed by atoms with E-state index in [1.807, 2.05) is 5.32 Å². The van der Waals surface area contributed by atoms with E-state index in [4.69, 9.17) is 37.6 Å². The van der Waals surface area contributed by atoms with E-state index < -0.39 is 59.9 Å². The third kappa shape index (κ3) is 7.36. The number of amides is 2. The molecule has 0 saturated heterocycles. The Morgan fingerprint density at radius 2 is 1.51 bits per heavy atom. The quantitative estimate of drug-likeness (QED) is 0.0970. The predicted octanol–water partition coefficient (Wildman–Crippen LogP) is 2.92. The molecule has 0 aliphatic carbocycles. The number of fused-ring (bicyclic) bond motifs is 6. The van der Waals surface area contributed by atoms with Crippen LogP contribution in [0, 0.1) is 5.92 Å². The van der Waals surface area contributed by atoms with E-state index in [1.54, 1.807) is 44.2 Å². The highest BCUT2D eigenvalue weighted by atomic mass is 32.1. The van der Waals surface area contributed by atoms with Crippen molar-refractivity contribution in [2.45, 2.75) is 50.9 Å². The summed E-state index contributed by atoms with van der Waals surface area (Å²) in [6.07, 6.45) is -0.757. The van der Waals surface area contributed by atoms with E-state index in [0.717, 1.165) is 0 Å². The maximum Gasteiger partial charge on any atom is 0.342 e.